The first-order valence-electron chi connectivity index (χ1n) is 8.41. The third kappa shape index (κ3) is 5.90. The number of ether oxygens (including phenoxy) is 2. The van der Waals surface area contributed by atoms with Crippen LogP contribution in [0.15, 0.2) is 53.4 Å². The molecule has 1 atom stereocenters. The van der Waals surface area contributed by atoms with Crippen LogP contribution in [0.1, 0.15) is 23.2 Å². The average Bonchev–Trinajstić information content (AvgIpc) is 3.14. The average molecular weight is 397 g/mol. The van der Waals surface area contributed by atoms with Gasteiger partial charge in [-0.15, -0.1) is 24.9 Å². The largest absolute Gasteiger partial charge is 0.573 e. The lowest BCUT2D eigenvalue weighted by molar-refractivity contribution is -0.274. The summed E-state index contributed by atoms with van der Waals surface area (Å²) in [4.78, 5) is 13.4. The van der Waals surface area contributed by atoms with Crippen LogP contribution in [0.25, 0.3) is 0 Å². The van der Waals surface area contributed by atoms with Crippen molar-refractivity contribution in [2.24, 2.45) is 0 Å². The van der Waals surface area contributed by atoms with Gasteiger partial charge in [0, 0.05) is 22.9 Å². The smallest absolute Gasteiger partial charge is 0.406 e. The van der Waals surface area contributed by atoms with Gasteiger partial charge in [0.2, 0.25) is 0 Å². The Hall–Kier alpha value is -2.19. The van der Waals surface area contributed by atoms with Gasteiger partial charge >= 0.3 is 6.36 Å². The number of carbonyl (C=O) groups is 1. The van der Waals surface area contributed by atoms with Gasteiger partial charge in [-0.3, -0.25) is 4.79 Å². The number of halogens is 3. The van der Waals surface area contributed by atoms with Crippen LogP contribution in [0, 0.1) is 0 Å². The number of nitrogens with one attached hydrogen (secondary N) is 1. The lowest BCUT2D eigenvalue weighted by Crippen LogP contribution is -2.17. The summed E-state index contributed by atoms with van der Waals surface area (Å²) in [6, 6.07) is 12.2. The lowest BCUT2D eigenvalue weighted by Gasteiger charge is -2.13. The summed E-state index contributed by atoms with van der Waals surface area (Å²) in [6.45, 7) is 0.779. The molecule has 0 saturated carbocycles. The maximum absolute atomic E-state index is 12.6. The van der Waals surface area contributed by atoms with Gasteiger partial charge in [-0.25, -0.2) is 0 Å². The predicted octanol–water partition coefficient (Wildman–Crippen LogP) is 5.11. The molecule has 2 aromatic rings. The van der Waals surface area contributed by atoms with E-state index in [1.54, 1.807) is 23.9 Å². The highest BCUT2D eigenvalue weighted by Crippen LogP contribution is 2.28. The second-order valence-electron chi connectivity index (χ2n) is 5.97. The third-order valence-corrected chi connectivity index (χ3v) is 5.13. The topological polar surface area (TPSA) is 47.6 Å². The fraction of sp³-hybridized carbons (Fsp3) is 0.316. The zero-order chi connectivity index (χ0) is 19.3. The highest BCUT2D eigenvalue weighted by Gasteiger charge is 2.31. The van der Waals surface area contributed by atoms with Crippen LogP contribution < -0.4 is 10.1 Å². The number of amides is 1. The summed E-state index contributed by atoms with van der Waals surface area (Å²) >= 11 is 1.56. The van der Waals surface area contributed by atoms with E-state index >= 15 is 0 Å². The minimum atomic E-state index is -4.75. The number of rotatable bonds is 6. The minimum absolute atomic E-state index is 0.201. The van der Waals surface area contributed by atoms with Gasteiger partial charge < -0.3 is 14.8 Å². The summed E-state index contributed by atoms with van der Waals surface area (Å²) in [7, 11) is 0. The van der Waals surface area contributed by atoms with Gasteiger partial charge in [-0.1, -0.05) is 12.1 Å². The molecule has 1 N–H and O–H groups in total. The third-order valence-electron chi connectivity index (χ3n) is 3.93. The number of thioether (sulfide) groups is 1. The SMILES string of the molecule is O=C(Nc1ccc(OC(F)(F)F)cc1)c1ccccc1SC[C@H]1CCCO1. The van der Waals surface area contributed by atoms with E-state index in [4.69, 9.17) is 4.74 Å². The molecule has 27 heavy (non-hydrogen) atoms. The highest BCUT2D eigenvalue weighted by molar-refractivity contribution is 7.99. The van der Waals surface area contributed by atoms with Crippen molar-refractivity contribution in [2.75, 3.05) is 17.7 Å². The number of hydrogen-bond donors (Lipinski definition) is 1. The molecule has 0 aromatic heterocycles. The zero-order valence-corrected chi connectivity index (χ0v) is 15.1. The molecule has 1 fully saturated rings. The summed E-state index contributed by atoms with van der Waals surface area (Å²) in [6.07, 6.45) is -2.47. The first-order valence-corrected chi connectivity index (χ1v) is 9.40. The normalized spacial score (nSPS) is 16.9. The van der Waals surface area contributed by atoms with Crippen molar-refractivity contribution in [3.05, 3.63) is 54.1 Å². The van der Waals surface area contributed by atoms with Crippen molar-refractivity contribution in [3.8, 4) is 5.75 Å². The van der Waals surface area contributed by atoms with Crippen LogP contribution in [-0.4, -0.2) is 30.7 Å². The predicted molar refractivity (Wildman–Crippen MR) is 97.2 cm³/mol. The molecule has 1 heterocycles. The number of anilines is 1. The quantitative estimate of drug-likeness (QED) is 0.689. The van der Waals surface area contributed by atoms with E-state index in [0.29, 0.717) is 11.3 Å². The van der Waals surface area contributed by atoms with Gasteiger partial charge in [0.15, 0.2) is 0 Å². The molecule has 0 radical (unpaired) electrons. The molecule has 8 heteroatoms. The molecular weight excluding hydrogens is 379 g/mol. The molecule has 144 valence electrons. The number of benzene rings is 2. The van der Waals surface area contributed by atoms with Crippen LogP contribution >= 0.6 is 11.8 Å². The molecule has 1 amide bonds. The second kappa shape index (κ2) is 8.67. The monoisotopic (exact) mass is 397 g/mol. The number of carbonyl (C=O) groups excluding carboxylic acids is 1. The molecule has 0 aliphatic carbocycles. The van der Waals surface area contributed by atoms with Crippen LogP contribution in [0.4, 0.5) is 18.9 Å². The zero-order valence-electron chi connectivity index (χ0n) is 14.3. The fourth-order valence-corrected chi connectivity index (χ4v) is 3.80. The second-order valence-corrected chi connectivity index (χ2v) is 7.03. The Labute approximate surface area is 159 Å². The van der Waals surface area contributed by atoms with E-state index in [-0.39, 0.29) is 17.8 Å². The van der Waals surface area contributed by atoms with E-state index in [1.165, 1.54) is 12.1 Å². The Balaban J connectivity index is 1.63. The van der Waals surface area contributed by atoms with Gasteiger partial charge in [0.25, 0.3) is 5.91 Å². The van der Waals surface area contributed by atoms with Crippen molar-refractivity contribution in [1.29, 1.82) is 0 Å². The van der Waals surface area contributed by atoms with Crippen LogP contribution in [-0.2, 0) is 4.74 Å². The van der Waals surface area contributed by atoms with E-state index in [9.17, 15) is 18.0 Å². The molecular formula is C19H18F3NO3S. The van der Waals surface area contributed by atoms with Crippen molar-refractivity contribution in [2.45, 2.75) is 30.2 Å². The molecule has 4 nitrogen and oxygen atoms in total. The van der Waals surface area contributed by atoms with Crippen LogP contribution in [0.2, 0.25) is 0 Å². The molecule has 3 rings (SSSR count). The Kier molecular flexibility index (Phi) is 6.28. The van der Waals surface area contributed by atoms with Crippen molar-refractivity contribution in [3.63, 3.8) is 0 Å². The Morgan fingerprint density at radius 3 is 2.59 bits per heavy atom. The van der Waals surface area contributed by atoms with Crippen molar-refractivity contribution < 1.29 is 27.4 Å². The lowest BCUT2D eigenvalue weighted by atomic mass is 10.2. The first-order chi connectivity index (χ1) is 12.9. The molecule has 1 aliphatic rings. The van der Waals surface area contributed by atoms with E-state index in [1.807, 2.05) is 12.1 Å². The molecule has 1 aliphatic heterocycles. The van der Waals surface area contributed by atoms with E-state index in [2.05, 4.69) is 10.1 Å². The fourth-order valence-electron chi connectivity index (χ4n) is 2.68. The highest BCUT2D eigenvalue weighted by atomic mass is 32.2. The van der Waals surface area contributed by atoms with Crippen LogP contribution in [0.3, 0.4) is 0 Å². The Morgan fingerprint density at radius 1 is 1.19 bits per heavy atom. The standard InChI is InChI=1S/C19H18F3NO3S/c20-19(21,22)26-14-9-7-13(8-10-14)23-18(24)16-5-1-2-6-17(16)27-12-15-4-3-11-25-15/h1-2,5-10,15H,3-4,11-12H2,(H,23,24)/t15-/m1/s1. The van der Waals surface area contributed by atoms with Gasteiger partial charge in [0.1, 0.15) is 5.75 Å². The Morgan fingerprint density at radius 2 is 1.93 bits per heavy atom. The maximum Gasteiger partial charge on any atom is 0.573 e. The molecule has 0 unspecified atom stereocenters. The molecule has 0 bridgehead atoms. The first kappa shape index (κ1) is 19.6. The van der Waals surface area contributed by atoms with Crippen LogP contribution in [0.5, 0.6) is 5.75 Å². The minimum Gasteiger partial charge on any atom is -0.406 e. The summed E-state index contributed by atoms with van der Waals surface area (Å²) in [5, 5.41) is 2.70. The molecule has 0 spiro atoms. The van der Waals surface area contributed by atoms with Gasteiger partial charge in [-0.2, -0.15) is 0 Å². The number of alkyl halides is 3. The van der Waals surface area contributed by atoms with Crippen molar-refractivity contribution in [1.82, 2.24) is 0 Å². The van der Waals surface area contributed by atoms with Crippen molar-refractivity contribution >= 4 is 23.4 Å². The molecule has 2 aromatic carbocycles. The van der Waals surface area contributed by atoms with E-state index < -0.39 is 6.36 Å². The Bertz CT molecular complexity index is 775. The summed E-state index contributed by atoms with van der Waals surface area (Å²) in [5.74, 6) is 0.108. The number of hydrogen-bond acceptors (Lipinski definition) is 4. The van der Waals surface area contributed by atoms with E-state index in [0.717, 1.165) is 42.2 Å². The molecule has 1 saturated heterocycles. The van der Waals surface area contributed by atoms with Gasteiger partial charge in [0.05, 0.1) is 11.7 Å². The maximum atomic E-state index is 12.6. The van der Waals surface area contributed by atoms with Gasteiger partial charge in [-0.05, 0) is 49.2 Å². The summed E-state index contributed by atoms with van der Waals surface area (Å²) in [5.41, 5.74) is 0.893. The summed E-state index contributed by atoms with van der Waals surface area (Å²) < 4.78 is 46.0.